The van der Waals surface area contributed by atoms with Crippen LogP contribution in [0.4, 0.5) is 30.2 Å². The van der Waals surface area contributed by atoms with Crippen molar-refractivity contribution in [2.75, 3.05) is 0 Å². The molecule has 1 atom stereocenters. The van der Waals surface area contributed by atoms with Gasteiger partial charge in [-0.1, -0.05) is 3.89 Å². The first-order valence-electron chi connectivity index (χ1n) is 2.84. The standard InChI is InChI=1S/C3ClF7O4S/c4-1(5,6)2(7,14-3(8,9)10)15-16(11,12)13. The van der Waals surface area contributed by atoms with E-state index in [4.69, 9.17) is 0 Å². The molecule has 0 aromatic rings. The van der Waals surface area contributed by atoms with Gasteiger partial charge in [-0.15, -0.1) is 13.2 Å². The molecule has 0 aliphatic carbocycles. The molecule has 98 valence electrons. The number of halogens is 8. The molecule has 0 spiro atoms. The molecule has 0 N–H and O–H groups in total. The molecule has 0 aromatic heterocycles. The molecule has 0 saturated carbocycles. The maximum absolute atomic E-state index is 12.6. The molecule has 0 rings (SSSR count). The molecule has 13 heteroatoms. The first-order chi connectivity index (χ1) is 6.66. The van der Waals surface area contributed by atoms with Crippen molar-refractivity contribution < 1.29 is 47.6 Å². The van der Waals surface area contributed by atoms with Crippen molar-refractivity contribution in [2.45, 2.75) is 17.8 Å². The van der Waals surface area contributed by atoms with Gasteiger partial charge in [0, 0.05) is 0 Å². The lowest BCUT2D eigenvalue weighted by atomic mass is 10.6. The number of alkyl halides is 7. The van der Waals surface area contributed by atoms with E-state index in [1.807, 2.05) is 4.74 Å². The van der Waals surface area contributed by atoms with E-state index in [1.54, 1.807) is 0 Å². The van der Waals surface area contributed by atoms with Gasteiger partial charge in [0.25, 0.3) is 0 Å². The molecule has 0 heterocycles. The van der Waals surface area contributed by atoms with E-state index < -0.39 is 28.3 Å². The number of ether oxygens (including phenoxy) is 1. The Morgan fingerprint density at radius 3 is 1.56 bits per heavy atom. The molecular weight excluding hydrogens is 301 g/mol. The number of hydrogen-bond donors (Lipinski definition) is 0. The van der Waals surface area contributed by atoms with E-state index in [-0.39, 0.29) is 0 Å². The van der Waals surface area contributed by atoms with Gasteiger partial charge >= 0.3 is 28.3 Å². The molecule has 0 aliphatic rings. The van der Waals surface area contributed by atoms with Gasteiger partial charge in [0.05, 0.1) is 0 Å². The first-order valence-corrected chi connectivity index (χ1v) is 4.53. The topological polar surface area (TPSA) is 52.6 Å². The SMILES string of the molecule is O=S(=O)(F)OC(F)(OC(F)(F)F)C(F)(F)Cl. The smallest absolute Gasteiger partial charge is 0.222 e. The molecule has 0 aromatic carbocycles. The minimum absolute atomic E-state index is 1.98. The molecule has 1 unspecified atom stereocenters. The van der Waals surface area contributed by atoms with Crippen LogP contribution in [0.5, 0.6) is 0 Å². The monoisotopic (exact) mass is 300 g/mol. The summed E-state index contributed by atoms with van der Waals surface area (Å²) in [5.41, 5.74) is 0. The Morgan fingerprint density at radius 2 is 1.38 bits per heavy atom. The summed E-state index contributed by atoms with van der Waals surface area (Å²) < 4.78 is 106. The molecule has 0 fully saturated rings. The normalized spacial score (nSPS) is 18.2. The minimum Gasteiger partial charge on any atom is -0.222 e. The van der Waals surface area contributed by atoms with E-state index in [2.05, 4.69) is 15.8 Å². The van der Waals surface area contributed by atoms with Gasteiger partial charge < -0.3 is 0 Å². The molecule has 16 heavy (non-hydrogen) atoms. The number of hydrogen-bond acceptors (Lipinski definition) is 4. The molecule has 0 saturated heterocycles. The predicted molar refractivity (Wildman–Crippen MR) is 32.9 cm³/mol. The second-order valence-corrected chi connectivity index (χ2v) is 3.49. The van der Waals surface area contributed by atoms with Crippen molar-refractivity contribution in [3.63, 3.8) is 0 Å². The van der Waals surface area contributed by atoms with Crippen LogP contribution in [-0.4, -0.2) is 26.2 Å². The minimum atomic E-state index is -6.50. The third-order valence-electron chi connectivity index (χ3n) is 0.792. The second kappa shape index (κ2) is 4.16. The Labute approximate surface area is 88.3 Å². The molecule has 0 bridgehead atoms. The highest BCUT2D eigenvalue weighted by atomic mass is 35.5. The first kappa shape index (κ1) is 15.7. The summed E-state index contributed by atoms with van der Waals surface area (Å²) in [6.45, 7) is 0. The van der Waals surface area contributed by atoms with Gasteiger partial charge in [-0.3, -0.25) is 0 Å². The summed E-state index contributed by atoms with van der Waals surface area (Å²) in [6.07, 6.45) is -6.09. The third-order valence-corrected chi connectivity index (χ3v) is 1.43. The lowest BCUT2D eigenvalue weighted by Crippen LogP contribution is -2.49. The van der Waals surface area contributed by atoms with E-state index in [0.717, 1.165) is 0 Å². The lowest BCUT2D eigenvalue weighted by Gasteiger charge is -2.26. The second-order valence-electron chi connectivity index (χ2n) is 2.06. The fourth-order valence-corrected chi connectivity index (χ4v) is 0.917. The van der Waals surface area contributed by atoms with E-state index >= 15 is 0 Å². The van der Waals surface area contributed by atoms with Crippen LogP contribution in [0.3, 0.4) is 0 Å². The summed E-state index contributed by atoms with van der Waals surface area (Å²) in [7, 11) is -6.50. The Balaban J connectivity index is 5.23. The summed E-state index contributed by atoms with van der Waals surface area (Å²) in [5.74, 6) is 0. The van der Waals surface area contributed by atoms with Crippen LogP contribution in [0.2, 0.25) is 0 Å². The third kappa shape index (κ3) is 5.14. The van der Waals surface area contributed by atoms with E-state index in [9.17, 15) is 38.6 Å². The van der Waals surface area contributed by atoms with E-state index in [0.29, 0.717) is 0 Å². The maximum atomic E-state index is 12.6. The van der Waals surface area contributed by atoms with Crippen LogP contribution in [0.15, 0.2) is 0 Å². The zero-order valence-electron chi connectivity index (χ0n) is 6.56. The van der Waals surface area contributed by atoms with Crippen molar-refractivity contribution in [1.29, 1.82) is 0 Å². The summed E-state index contributed by atoms with van der Waals surface area (Å²) in [4.78, 5) is 0. The maximum Gasteiger partial charge on any atom is 0.527 e. The van der Waals surface area contributed by atoms with Crippen LogP contribution < -0.4 is 0 Å². The molecule has 0 radical (unpaired) electrons. The molecular formula is C3ClF7O4S. The number of rotatable bonds is 4. The van der Waals surface area contributed by atoms with Crippen molar-refractivity contribution in [3.05, 3.63) is 0 Å². The zero-order chi connectivity index (χ0) is 13.4. The van der Waals surface area contributed by atoms with Gasteiger partial charge in [-0.25, -0.2) is 4.74 Å². The summed E-state index contributed by atoms with van der Waals surface area (Å²) in [5, 5.41) is -5.61. The highest BCUT2D eigenvalue weighted by Crippen LogP contribution is 2.43. The Morgan fingerprint density at radius 1 is 1.00 bits per heavy atom. The summed E-state index contributed by atoms with van der Waals surface area (Å²) in [6, 6.07) is -5.75. The largest absolute Gasteiger partial charge is 0.527 e. The van der Waals surface area contributed by atoms with Gasteiger partial charge in [-0.05, 0) is 11.6 Å². The molecule has 0 aliphatic heterocycles. The van der Waals surface area contributed by atoms with E-state index in [1.165, 1.54) is 0 Å². The fraction of sp³-hybridized carbons (Fsp3) is 1.00. The average Bonchev–Trinajstić information content (AvgIpc) is 1.72. The van der Waals surface area contributed by atoms with Crippen LogP contribution in [-0.2, 0) is 19.4 Å². The molecule has 0 amide bonds. The van der Waals surface area contributed by atoms with Crippen LogP contribution in [0.25, 0.3) is 0 Å². The Bertz CT molecular complexity index is 346. The van der Waals surface area contributed by atoms with Crippen LogP contribution >= 0.6 is 11.6 Å². The fourth-order valence-electron chi connectivity index (χ4n) is 0.399. The van der Waals surface area contributed by atoms with Crippen molar-refractivity contribution in [2.24, 2.45) is 0 Å². The lowest BCUT2D eigenvalue weighted by molar-refractivity contribution is -0.465. The highest BCUT2D eigenvalue weighted by molar-refractivity contribution is 7.81. The quantitative estimate of drug-likeness (QED) is 0.346. The van der Waals surface area contributed by atoms with Gasteiger partial charge in [0.1, 0.15) is 0 Å². The zero-order valence-corrected chi connectivity index (χ0v) is 8.14. The van der Waals surface area contributed by atoms with Gasteiger partial charge in [0.2, 0.25) is 0 Å². The van der Waals surface area contributed by atoms with Crippen LogP contribution in [0, 0.1) is 0 Å². The molecule has 4 nitrogen and oxygen atoms in total. The predicted octanol–water partition coefficient (Wildman–Crippen LogP) is 2.21. The van der Waals surface area contributed by atoms with Crippen molar-refractivity contribution in [1.82, 2.24) is 0 Å². The van der Waals surface area contributed by atoms with Gasteiger partial charge in [-0.2, -0.15) is 25.8 Å². The van der Waals surface area contributed by atoms with Crippen LogP contribution in [0.1, 0.15) is 0 Å². The summed E-state index contributed by atoms with van der Waals surface area (Å²) >= 11 is 3.76. The van der Waals surface area contributed by atoms with Crippen molar-refractivity contribution >= 4 is 22.1 Å². The van der Waals surface area contributed by atoms with Gasteiger partial charge in [0.15, 0.2) is 0 Å². The average molecular weight is 301 g/mol. The Hall–Kier alpha value is -0.330. The van der Waals surface area contributed by atoms with Crippen molar-refractivity contribution in [3.8, 4) is 0 Å². The highest BCUT2D eigenvalue weighted by Gasteiger charge is 2.65. The Kier molecular flexibility index (Phi) is 4.07.